The van der Waals surface area contributed by atoms with E-state index in [-0.39, 0.29) is 29.7 Å². The molecular weight excluding hydrogens is 460 g/mol. The average Bonchev–Trinajstić information content (AvgIpc) is 3.29. The van der Waals surface area contributed by atoms with E-state index in [1.165, 1.54) is 4.90 Å². The summed E-state index contributed by atoms with van der Waals surface area (Å²) in [5.74, 6) is -1.65. The molecule has 204 valence electrons. The van der Waals surface area contributed by atoms with Gasteiger partial charge in [-0.1, -0.05) is 47.1 Å². The molecule has 2 saturated heterocycles. The molecule has 2 fully saturated rings. The van der Waals surface area contributed by atoms with E-state index in [0.717, 1.165) is 25.8 Å². The minimum atomic E-state index is -0.992. The zero-order chi connectivity index (χ0) is 27.4. The van der Waals surface area contributed by atoms with Crippen LogP contribution in [0, 0.1) is 11.3 Å². The Labute approximate surface area is 216 Å². The summed E-state index contributed by atoms with van der Waals surface area (Å²) in [6.07, 6.45) is 5.70. The second-order valence-corrected chi connectivity index (χ2v) is 11.8. The van der Waals surface area contributed by atoms with Crippen molar-refractivity contribution in [1.29, 1.82) is 0 Å². The summed E-state index contributed by atoms with van der Waals surface area (Å²) in [5.41, 5.74) is -0.101. The lowest BCUT2D eigenvalue weighted by Gasteiger charge is -2.39. The molecule has 2 aliphatic rings. The number of carbonyl (C=O) groups excluding carboxylic acids is 3. The monoisotopic (exact) mass is 506 g/mol. The lowest BCUT2D eigenvalue weighted by molar-refractivity contribution is -0.146. The largest absolute Gasteiger partial charge is 0.480 e. The number of amides is 3. The molecule has 2 N–H and O–H groups in total. The molecule has 2 rings (SSSR count). The van der Waals surface area contributed by atoms with Gasteiger partial charge in [-0.15, -0.1) is 0 Å². The van der Waals surface area contributed by atoms with Gasteiger partial charge < -0.3 is 20.2 Å². The smallest absolute Gasteiger partial charge is 0.326 e. The molecule has 0 aromatic heterocycles. The molecular formula is C27H46N4O5. The molecule has 2 aliphatic heterocycles. The van der Waals surface area contributed by atoms with Gasteiger partial charge in [0.2, 0.25) is 17.7 Å². The fourth-order valence-electron chi connectivity index (χ4n) is 5.22. The van der Waals surface area contributed by atoms with E-state index < -0.39 is 29.5 Å². The van der Waals surface area contributed by atoms with Gasteiger partial charge in [-0.3, -0.25) is 19.3 Å². The van der Waals surface area contributed by atoms with Gasteiger partial charge in [-0.2, -0.15) is 0 Å². The number of hydrogen-bond donors (Lipinski definition) is 2. The maximum absolute atomic E-state index is 13.8. The van der Waals surface area contributed by atoms with Crippen LogP contribution in [0.4, 0.5) is 0 Å². The van der Waals surface area contributed by atoms with E-state index in [1.54, 1.807) is 24.9 Å². The average molecular weight is 507 g/mol. The summed E-state index contributed by atoms with van der Waals surface area (Å²) in [6, 6.07) is -2.18. The lowest BCUT2D eigenvalue weighted by atomic mass is 9.84. The van der Waals surface area contributed by atoms with Crippen LogP contribution in [0.5, 0.6) is 0 Å². The first-order chi connectivity index (χ1) is 16.7. The minimum Gasteiger partial charge on any atom is -0.480 e. The molecule has 2 heterocycles. The topological polar surface area (TPSA) is 110 Å². The predicted octanol–water partition coefficient (Wildman–Crippen LogP) is 2.51. The summed E-state index contributed by atoms with van der Waals surface area (Å²) in [4.78, 5) is 56.6. The summed E-state index contributed by atoms with van der Waals surface area (Å²) in [6.45, 7) is 12.7. The summed E-state index contributed by atoms with van der Waals surface area (Å²) >= 11 is 0. The van der Waals surface area contributed by atoms with Crippen molar-refractivity contribution in [2.45, 2.75) is 97.8 Å². The number of likely N-dealkylation sites (tertiary alicyclic amines) is 2. The zero-order valence-corrected chi connectivity index (χ0v) is 23.3. The Hall–Kier alpha value is -2.42. The second kappa shape index (κ2) is 12.2. The van der Waals surface area contributed by atoms with Crippen molar-refractivity contribution in [2.75, 3.05) is 27.2 Å². The van der Waals surface area contributed by atoms with Crippen LogP contribution in [0.2, 0.25) is 0 Å². The first kappa shape index (κ1) is 29.8. The molecule has 3 amide bonds. The fourth-order valence-corrected chi connectivity index (χ4v) is 5.22. The van der Waals surface area contributed by atoms with E-state index in [4.69, 9.17) is 0 Å². The third-order valence-electron chi connectivity index (χ3n) is 7.51. The third-order valence-corrected chi connectivity index (χ3v) is 7.51. The summed E-state index contributed by atoms with van der Waals surface area (Å²) in [5, 5.41) is 12.5. The quantitative estimate of drug-likeness (QED) is 0.490. The Morgan fingerprint density at radius 3 is 2.17 bits per heavy atom. The van der Waals surface area contributed by atoms with Crippen molar-refractivity contribution in [3.63, 3.8) is 0 Å². The number of carbonyl (C=O) groups is 4. The van der Waals surface area contributed by atoms with E-state index >= 15 is 0 Å². The molecule has 9 heteroatoms. The van der Waals surface area contributed by atoms with Crippen molar-refractivity contribution in [1.82, 2.24) is 20.0 Å². The maximum atomic E-state index is 13.8. The van der Waals surface area contributed by atoms with E-state index in [1.807, 2.05) is 46.6 Å². The van der Waals surface area contributed by atoms with Crippen LogP contribution in [0.15, 0.2) is 11.6 Å². The first-order valence-corrected chi connectivity index (χ1v) is 13.2. The van der Waals surface area contributed by atoms with Gasteiger partial charge in [0.15, 0.2) is 0 Å². The molecule has 0 aromatic carbocycles. The van der Waals surface area contributed by atoms with Crippen molar-refractivity contribution < 1.29 is 24.3 Å². The molecule has 36 heavy (non-hydrogen) atoms. The molecule has 9 nitrogen and oxygen atoms in total. The standard InChI is InChI=1S/C27H46N4O5/c1-17(2)21(16-18(3)24(33)31-15-11-13-20(31)26(35)36)30(8)25(34)22(27(4,5)6)28-23(32)19-12-9-10-14-29(19)7/h16-17,19-22H,9-15H2,1-8H3,(H,28,32)(H,35,36)/t19-,20+,21-,22-/m1/s1. The molecule has 0 unspecified atom stereocenters. The molecule has 4 atom stereocenters. The Morgan fingerprint density at radius 2 is 1.64 bits per heavy atom. The molecule has 0 bridgehead atoms. The SMILES string of the molecule is CC(=C[C@H](C(C)C)N(C)C(=O)[C@@H](NC(=O)[C@H]1CCCCN1C)C(C)(C)C)C(=O)N1CCC[C@H]1C(=O)O. The highest BCUT2D eigenvalue weighted by molar-refractivity contribution is 5.96. The number of nitrogens with one attached hydrogen (secondary N) is 1. The predicted molar refractivity (Wildman–Crippen MR) is 139 cm³/mol. The summed E-state index contributed by atoms with van der Waals surface area (Å²) < 4.78 is 0. The number of carboxylic acids is 1. The Kier molecular flexibility index (Phi) is 10.1. The number of nitrogens with zero attached hydrogens (tertiary/aromatic N) is 3. The van der Waals surface area contributed by atoms with Crippen LogP contribution in [-0.2, 0) is 19.2 Å². The van der Waals surface area contributed by atoms with Crippen LogP contribution in [0.1, 0.15) is 73.6 Å². The Balaban J connectivity index is 2.25. The molecule has 0 saturated carbocycles. The van der Waals surface area contributed by atoms with Gasteiger partial charge in [0, 0.05) is 19.2 Å². The van der Waals surface area contributed by atoms with Gasteiger partial charge in [0.1, 0.15) is 12.1 Å². The van der Waals surface area contributed by atoms with Crippen LogP contribution < -0.4 is 5.32 Å². The van der Waals surface area contributed by atoms with Gasteiger partial charge in [-0.05, 0) is 57.5 Å². The number of rotatable bonds is 8. The fraction of sp³-hybridized carbons (Fsp3) is 0.778. The van der Waals surface area contributed by atoms with Crippen LogP contribution in [0.3, 0.4) is 0 Å². The molecule has 0 aliphatic carbocycles. The van der Waals surface area contributed by atoms with Crippen molar-refractivity contribution in [2.24, 2.45) is 11.3 Å². The van der Waals surface area contributed by atoms with E-state index in [2.05, 4.69) is 5.32 Å². The highest BCUT2D eigenvalue weighted by Crippen LogP contribution is 2.26. The number of likely N-dealkylation sites (N-methyl/N-ethyl adjacent to an activating group) is 2. The van der Waals surface area contributed by atoms with Crippen molar-refractivity contribution in [3.05, 3.63) is 11.6 Å². The normalized spacial score (nSPS) is 23.4. The van der Waals surface area contributed by atoms with Crippen molar-refractivity contribution in [3.8, 4) is 0 Å². The second-order valence-electron chi connectivity index (χ2n) is 11.8. The number of carboxylic acid groups (broad SMARTS) is 1. The lowest BCUT2D eigenvalue weighted by Crippen LogP contribution is -2.59. The van der Waals surface area contributed by atoms with Gasteiger partial charge in [-0.25, -0.2) is 4.79 Å². The number of piperidine rings is 1. The van der Waals surface area contributed by atoms with Crippen LogP contribution in [-0.4, -0.2) is 94.8 Å². The third kappa shape index (κ3) is 7.08. The zero-order valence-electron chi connectivity index (χ0n) is 23.3. The highest BCUT2D eigenvalue weighted by atomic mass is 16.4. The Morgan fingerprint density at radius 1 is 1.03 bits per heavy atom. The Bertz CT molecular complexity index is 863. The minimum absolute atomic E-state index is 0.00338. The van der Waals surface area contributed by atoms with E-state index in [0.29, 0.717) is 25.0 Å². The summed E-state index contributed by atoms with van der Waals surface area (Å²) in [7, 11) is 3.65. The molecule has 0 aromatic rings. The van der Waals surface area contributed by atoms with Crippen LogP contribution >= 0.6 is 0 Å². The van der Waals surface area contributed by atoms with Gasteiger partial charge in [0.05, 0.1) is 12.1 Å². The molecule has 0 radical (unpaired) electrons. The van der Waals surface area contributed by atoms with Gasteiger partial charge >= 0.3 is 5.97 Å². The maximum Gasteiger partial charge on any atom is 0.326 e. The number of hydrogen-bond acceptors (Lipinski definition) is 5. The van der Waals surface area contributed by atoms with Crippen molar-refractivity contribution >= 4 is 23.7 Å². The number of aliphatic carboxylic acids is 1. The highest BCUT2D eigenvalue weighted by Gasteiger charge is 2.39. The van der Waals surface area contributed by atoms with E-state index in [9.17, 15) is 24.3 Å². The first-order valence-electron chi connectivity index (χ1n) is 13.2. The van der Waals surface area contributed by atoms with Crippen LogP contribution in [0.25, 0.3) is 0 Å². The van der Waals surface area contributed by atoms with Gasteiger partial charge in [0.25, 0.3) is 0 Å². The molecule has 0 spiro atoms.